The van der Waals surface area contributed by atoms with Gasteiger partial charge in [0.15, 0.2) is 4.88 Å². The molecule has 0 spiro atoms. The molecule has 4 rings (SSSR count). The SMILES string of the molecule is COC(=O)c1sc(-c2cc(-c3cccc(Cl)c3)cnc2N)cc1OC(C)c1ccccc1Cl. The van der Waals surface area contributed by atoms with E-state index in [9.17, 15) is 4.79 Å². The van der Waals surface area contributed by atoms with Crippen LogP contribution in [0.2, 0.25) is 10.0 Å². The van der Waals surface area contributed by atoms with E-state index < -0.39 is 12.1 Å². The van der Waals surface area contributed by atoms with Crippen LogP contribution >= 0.6 is 34.5 Å². The van der Waals surface area contributed by atoms with Crippen molar-refractivity contribution in [1.82, 2.24) is 4.98 Å². The van der Waals surface area contributed by atoms with E-state index in [0.29, 0.717) is 32.1 Å². The Kier molecular flexibility index (Phi) is 6.88. The quantitative estimate of drug-likeness (QED) is 0.282. The van der Waals surface area contributed by atoms with Crippen LogP contribution in [-0.4, -0.2) is 18.1 Å². The minimum Gasteiger partial charge on any atom is -0.484 e. The number of rotatable bonds is 6. The molecule has 1 atom stereocenters. The number of thiophene rings is 1. The summed E-state index contributed by atoms with van der Waals surface area (Å²) < 4.78 is 11.1. The average molecular weight is 499 g/mol. The zero-order chi connectivity index (χ0) is 23.5. The molecule has 0 aliphatic rings. The molecule has 0 radical (unpaired) electrons. The Bertz CT molecular complexity index is 1320. The number of hydrogen-bond donors (Lipinski definition) is 1. The van der Waals surface area contributed by atoms with Crippen molar-refractivity contribution < 1.29 is 14.3 Å². The van der Waals surface area contributed by atoms with E-state index >= 15 is 0 Å². The van der Waals surface area contributed by atoms with Crippen molar-refractivity contribution in [3.63, 3.8) is 0 Å². The van der Waals surface area contributed by atoms with Crippen LogP contribution in [-0.2, 0) is 4.74 Å². The molecule has 0 bridgehead atoms. The molecule has 0 saturated carbocycles. The van der Waals surface area contributed by atoms with Crippen molar-refractivity contribution in [2.24, 2.45) is 0 Å². The maximum Gasteiger partial charge on any atom is 0.351 e. The van der Waals surface area contributed by atoms with E-state index in [1.807, 2.05) is 55.5 Å². The molecule has 0 aliphatic heterocycles. The summed E-state index contributed by atoms with van der Waals surface area (Å²) in [4.78, 5) is 17.9. The summed E-state index contributed by atoms with van der Waals surface area (Å²) in [6.45, 7) is 1.87. The number of aromatic nitrogens is 1. The zero-order valence-corrected chi connectivity index (χ0v) is 20.2. The van der Waals surface area contributed by atoms with Crippen LogP contribution in [0.1, 0.15) is 28.3 Å². The van der Waals surface area contributed by atoms with Gasteiger partial charge < -0.3 is 15.2 Å². The molecule has 0 aliphatic carbocycles. The average Bonchev–Trinajstić information content (AvgIpc) is 3.22. The molecule has 0 saturated heterocycles. The van der Waals surface area contributed by atoms with E-state index in [-0.39, 0.29) is 0 Å². The normalized spacial score (nSPS) is 11.8. The Hall–Kier alpha value is -3.06. The number of carbonyl (C=O) groups is 1. The second kappa shape index (κ2) is 9.83. The number of esters is 1. The lowest BCUT2D eigenvalue weighted by atomic mass is 10.0. The number of benzene rings is 2. The number of anilines is 1. The smallest absolute Gasteiger partial charge is 0.351 e. The lowest BCUT2D eigenvalue weighted by Crippen LogP contribution is -2.07. The van der Waals surface area contributed by atoms with Crippen molar-refractivity contribution in [3.8, 4) is 27.3 Å². The monoisotopic (exact) mass is 498 g/mol. The molecule has 2 aromatic heterocycles. The number of hydrogen-bond acceptors (Lipinski definition) is 6. The third-order valence-electron chi connectivity index (χ3n) is 5.06. The van der Waals surface area contributed by atoms with E-state index in [1.54, 1.807) is 18.3 Å². The van der Waals surface area contributed by atoms with Crippen molar-refractivity contribution in [3.05, 3.63) is 87.3 Å². The van der Waals surface area contributed by atoms with Crippen LogP contribution in [0.3, 0.4) is 0 Å². The molecular weight excluding hydrogens is 479 g/mol. The Balaban J connectivity index is 1.75. The fraction of sp³-hybridized carbons (Fsp3) is 0.120. The number of nitrogen functional groups attached to an aromatic ring is 1. The predicted octanol–water partition coefficient (Wildman–Crippen LogP) is 7.29. The fourth-order valence-corrected chi connectivity index (χ4v) is 4.90. The number of ether oxygens (including phenoxy) is 2. The lowest BCUT2D eigenvalue weighted by molar-refractivity contribution is 0.0600. The summed E-state index contributed by atoms with van der Waals surface area (Å²) in [7, 11) is 1.33. The van der Waals surface area contributed by atoms with Gasteiger partial charge in [-0.2, -0.15) is 0 Å². The van der Waals surface area contributed by atoms with Gasteiger partial charge in [0.05, 0.1) is 7.11 Å². The van der Waals surface area contributed by atoms with Crippen molar-refractivity contribution in [1.29, 1.82) is 0 Å². The van der Waals surface area contributed by atoms with Gasteiger partial charge in [-0.25, -0.2) is 9.78 Å². The van der Waals surface area contributed by atoms with E-state index in [0.717, 1.165) is 21.6 Å². The number of carbonyl (C=O) groups excluding carboxylic acids is 1. The summed E-state index contributed by atoms with van der Waals surface area (Å²) in [6, 6.07) is 18.6. The predicted molar refractivity (Wildman–Crippen MR) is 134 cm³/mol. The first-order chi connectivity index (χ1) is 15.9. The molecule has 2 N–H and O–H groups in total. The second-order valence-electron chi connectivity index (χ2n) is 7.24. The van der Waals surface area contributed by atoms with Gasteiger partial charge in [-0.1, -0.05) is 53.5 Å². The molecule has 33 heavy (non-hydrogen) atoms. The van der Waals surface area contributed by atoms with Crippen molar-refractivity contribution in [2.45, 2.75) is 13.0 Å². The summed E-state index contributed by atoms with van der Waals surface area (Å²) in [5.74, 6) is 0.233. The first-order valence-corrected chi connectivity index (χ1v) is 11.6. The topological polar surface area (TPSA) is 74.4 Å². The third kappa shape index (κ3) is 4.98. The summed E-state index contributed by atoms with van der Waals surface area (Å²) in [5.41, 5.74) is 9.46. The van der Waals surface area contributed by atoms with Gasteiger partial charge in [0.25, 0.3) is 0 Å². The third-order valence-corrected chi connectivity index (χ3v) is 6.77. The maximum absolute atomic E-state index is 12.5. The number of pyridine rings is 1. The summed E-state index contributed by atoms with van der Waals surface area (Å²) in [5, 5.41) is 1.21. The number of nitrogens with zero attached hydrogens (tertiary/aromatic N) is 1. The Morgan fingerprint density at radius 2 is 1.85 bits per heavy atom. The number of halogens is 2. The summed E-state index contributed by atoms with van der Waals surface area (Å²) >= 11 is 13.7. The number of nitrogens with two attached hydrogens (primary N) is 1. The summed E-state index contributed by atoms with van der Waals surface area (Å²) in [6.07, 6.45) is 1.30. The Labute approximate surface area is 205 Å². The highest BCUT2D eigenvalue weighted by Crippen LogP contribution is 2.41. The molecule has 2 heterocycles. The van der Waals surface area contributed by atoms with Gasteiger partial charge in [-0.05, 0) is 42.8 Å². The zero-order valence-electron chi connectivity index (χ0n) is 17.8. The van der Waals surface area contributed by atoms with Gasteiger partial charge in [0.2, 0.25) is 0 Å². The van der Waals surface area contributed by atoms with Crippen LogP contribution in [0, 0.1) is 0 Å². The van der Waals surface area contributed by atoms with Gasteiger partial charge >= 0.3 is 5.97 Å². The van der Waals surface area contributed by atoms with Crippen LogP contribution in [0.25, 0.3) is 21.6 Å². The first-order valence-electron chi connectivity index (χ1n) is 10.0. The van der Waals surface area contributed by atoms with Crippen molar-refractivity contribution in [2.75, 3.05) is 12.8 Å². The molecule has 168 valence electrons. The first kappa shape index (κ1) is 23.1. The molecule has 2 aromatic carbocycles. The number of methoxy groups -OCH3 is 1. The molecule has 4 aromatic rings. The molecule has 5 nitrogen and oxygen atoms in total. The van der Waals surface area contributed by atoms with Gasteiger partial charge in [-0.15, -0.1) is 11.3 Å². The van der Waals surface area contributed by atoms with Crippen LogP contribution in [0.15, 0.2) is 66.9 Å². The minimum absolute atomic E-state index is 0.332. The Morgan fingerprint density at radius 3 is 2.58 bits per heavy atom. The van der Waals surface area contributed by atoms with E-state index in [1.165, 1.54) is 18.4 Å². The van der Waals surface area contributed by atoms with E-state index in [4.69, 9.17) is 38.4 Å². The van der Waals surface area contributed by atoms with Crippen LogP contribution < -0.4 is 10.5 Å². The van der Waals surface area contributed by atoms with Crippen LogP contribution in [0.4, 0.5) is 5.82 Å². The highest BCUT2D eigenvalue weighted by molar-refractivity contribution is 7.17. The van der Waals surface area contributed by atoms with Gasteiger partial charge in [-0.3, -0.25) is 0 Å². The Morgan fingerprint density at radius 1 is 1.06 bits per heavy atom. The van der Waals surface area contributed by atoms with Gasteiger partial charge in [0.1, 0.15) is 17.7 Å². The molecule has 0 amide bonds. The standard InChI is InChI=1S/C25H20Cl2N2O3S/c1-14(18-8-3-4-9-20(18)27)32-21-12-22(33-23(21)25(30)31-2)19-11-16(13-29-24(19)28)15-6-5-7-17(26)10-15/h3-14H,1-2H3,(H2,28,29). The van der Waals surface area contributed by atoms with Crippen LogP contribution in [0.5, 0.6) is 5.75 Å². The highest BCUT2D eigenvalue weighted by Gasteiger charge is 2.23. The maximum atomic E-state index is 12.5. The fourth-order valence-electron chi connectivity index (χ4n) is 3.39. The van der Waals surface area contributed by atoms with E-state index in [2.05, 4.69) is 4.98 Å². The molecular formula is C25H20Cl2N2O3S. The molecule has 8 heteroatoms. The second-order valence-corrected chi connectivity index (χ2v) is 9.14. The lowest BCUT2D eigenvalue weighted by Gasteiger charge is -2.16. The largest absolute Gasteiger partial charge is 0.484 e. The van der Waals surface area contributed by atoms with Crippen molar-refractivity contribution >= 4 is 46.3 Å². The highest BCUT2D eigenvalue weighted by atomic mass is 35.5. The molecule has 1 unspecified atom stereocenters. The van der Waals surface area contributed by atoms with Gasteiger partial charge in [0, 0.05) is 37.8 Å². The minimum atomic E-state index is -0.495. The molecule has 0 fully saturated rings.